The van der Waals surface area contributed by atoms with Gasteiger partial charge in [0.05, 0.1) is 5.39 Å². The summed E-state index contributed by atoms with van der Waals surface area (Å²) in [5, 5.41) is 6.79. The van der Waals surface area contributed by atoms with Crippen LogP contribution in [0.15, 0.2) is 59.4 Å². The molecule has 7 heteroatoms. The van der Waals surface area contributed by atoms with Crippen LogP contribution in [-0.2, 0) is 4.79 Å². The Morgan fingerprint density at radius 3 is 2.58 bits per heavy atom. The number of aromatic amines is 1. The van der Waals surface area contributed by atoms with Gasteiger partial charge in [0.1, 0.15) is 0 Å². The second-order valence-electron chi connectivity index (χ2n) is 5.64. The van der Waals surface area contributed by atoms with Crippen molar-refractivity contribution in [2.45, 2.75) is 6.92 Å². The summed E-state index contributed by atoms with van der Waals surface area (Å²) < 4.78 is 0. The molecule has 0 radical (unpaired) electrons. The van der Waals surface area contributed by atoms with Gasteiger partial charge in [-0.15, -0.1) is 0 Å². The minimum atomic E-state index is -0.630. The number of rotatable bonds is 3. The van der Waals surface area contributed by atoms with Crippen molar-refractivity contribution in [1.82, 2.24) is 21.0 Å². The molecule has 1 aromatic heterocycles. The predicted molar refractivity (Wildman–Crippen MR) is 98.2 cm³/mol. The number of benzene rings is 2. The van der Waals surface area contributed by atoms with Gasteiger partial charge in [-0.25, -0.2) is 5.10 Å². The van der Waals surface area contributed by atoms with Crippen molar-refractivity contribution in [3.63, 3.8) is 0 Å². The zero-order valence-corrected chi connectivity index (χ0v) is 13.9. The Kier molecular flexibility index (Phi) is 4.89. The summed E-state index contributed by atoms with van der Waals surface area (Å²) in [6.45, 7) is 1.96. The Balaban J connectivity index is 1.68. The molecule has 1 heterocycles. The molecule has 7 nitrogen and oxygen atoms in total. The van der Waals surface area contributed by atoms with E-state index in [1.54, 1.807) is 30.3 Å². The van der Waals surface area contributed by atoms with Crippen molar-refractivity contribution in [1.29, 1.82) is 0 Å². The van der Waals surface area contributed by atoms with Crippen LogP contribution < -0.4 is 16.4 Å². The molecule has 3 rings (SSSR count). The Bertz CT molecular complexity index is 1070. The molecule has 0 spiro atoms. The van der Waals surface area contributed by atoms with E-state index >= 15 is 0 Å². The first-order chi connectivity index (χ1) is 12.5. The van der Waals surface area contributed by atoms with Crippen LogP contribution in [0.25, 0.3) is 16.8 Å². The number of nitrogens with zero attached hydrogens (tertiary/aromatic N) is 1. The average molecular weight is 348 g/mol. The van der Waals surface area contributed by atoms with Crippen LogP contribution >= 0.6 is 0 Å². The molecular weight excluding hydrogens is 332 g/mol. The monoisotopic (exact) mass is 348 g/mol. The molecule has 2 aromatic carbocycles. The van der Waals surface area contributed by atoms with E-state index in [0.717, 1.165) is 11.1 Å². The van der Waals surface area contributed by atoms with E-state index in [1.807, 2.05) is 31.2 Å². The van der Waals surface area contributed by atoms with Gasteiger partial charge in [-0.1, -0.05) is 48.0 Å². The molecule has 0 unspecified atom stereocenters. The minimum Gasteiger partial charge on any atom is -0.268 e. The molecule has 26 heavy (non-hydrogen) atoms. The van der Waals surface area contributed by atoms with Crippen molar-refractivity contribution < 1.29 is 9.59 Å². The van der Waals surface area contributed by atoms with Crippen molar-refractivity contribution in [3.05, 3.63) is 81.8 Å². The molecule has 130 valence electrons. The fourth-order valence-corrected chi connectivity index (χ4v) is 2.45. The van der Waals surface area contributed by atoms with Gasteiger partial charge in [0.15, 0.2) is 5.69 Å². The maximum atomic E-state index is 12.3. The van der Waals surface area contributed by atoms with Crippen LogP contribution in [0.4, 0.5) is 0 Å². The van der Waals surface area contributed by atoms with Gasteiger partial charge in [0.2, 0.25) is 0 Å². The number of fused-ring (bicyclic) bond motifs is 1. The number of nitrogens with one attached hydrogen (secondary N) is 3. The van der Waals surface area contributed by atoms with Crippen LogP contribution in [0, 0.1) is 6.92 Å². The van der Waals surface area contributed by atoms with Gasteiger partial charge in [-0.3, -0.25) is 25.2 Å². The summed E-state index contributed by atoms with van der Waals surface area (Å²) in [5.74, 6) is -1.12. The molecule has 3 aromatic rings. The average Bonchev–Trinajstić information content (AvgIpc) is 2.65. The maximum absolute atomic E-state index is 12.3. The molecule has 0 fully saturated rings. The summed E-state index contributed by atoms with van der Waals surface area (Å²) in [5.41, 5.74) is 6.16. The summed E-state index contributed by atoms with van der Waals surface area (Å²) >= 11 is 0. The first-order valence-corrected chi connectivity index (χ1v) is 7.87. The number of carbonyl (C=O) groups excluding carboxylic acids is 2. The van der Waals surface area contributed by atoms with E-state index < -0.39 is 11.8 Å². The highest BCUT2D eigenvalue weighted by Gasteiger charge is 2.14. The molecule has 0 saturated heterocycles. The van der Waals surface area contributed by atoms with Crippen LogP contribution in [-0.4, -0.2) is 22.0 Å². The number of aryl methyl sites for hydroxylation is 1. The SMILES string of the molecule is Cc1cccc(/C=C/C(=O)NNC(=O)c2n[nH]c(=O)c3ccccc23)c1. The Labute approximate surface area is 148 Å². The number of H-pyrrole nitrogens is 1. The van der Waals surface area contributed by atoms with Crippen LogP contribution in [0.2, 0.25) is 0 Å². The fourth-order valence-electron chi connectivity index (χ4n) is 2.45. The second kappa shape index (κ2) is 7.43. The molecule has 3 N–H and O–H groups in total. The number of hydrogen-bond acceptors (Lipinski definition) is 4. The van der Waals surface area contributed by atoms with Gasteiger partial charge < -0.3 is 0 Å². The lowest BCUT2D eigenvalue weighted by Gasteiger charge is -2.06. The van der Waals surface area contributed by atoms with Crippen molar-refractivity contribution >= 4 is 28.7 Å². The van der Waals surface area contributed by atoms with Gasteiger partial charge in [0, 0.05) is 11.5 Å². The standard InChI is InChI=1S/C19H16N4O3/c1-12-5-4-6-13(11-12)9-10-16(24)20-23-19(26)17-14-7-2-3-8-15(14)18(25)22-21-17/h2-11H,1H3,(H,20,24)(H,22,25)(H,23,26)/b10-9+. The van der Waals surface area contributed by atoms with E-state index in [1.165, 1.54) is 6.08 Å². The zero-order valence-electron chi connectivity index (χ0n) is 13.9. The molecule has 2 amide bonds. The van der Waals surface area contributed by atoms with E-state index in [-0.39, 0.29) is 11.3 Å². The third-order valence-corrected chi connectivity index (χ3v) is 3.68. The summed E-state index contributed by atoms with van der Waals surface area (Å²) in [6.07, 6.45) is 2.95. The first kappa shape index (κ1) is 17.1. The van der Waals surface area contributed by atoms with Crippen molar-refractivity contribution in [3.8, 4) is 0 Å². The molecule has 0 aliphatic rings. The van der Waals surface area contributed by atoms with Gasteiger partial charge in [-0.2, -0.15) is 5.10 Å². The highest BCUT2D eigenvalue weighted by atomic mass is 16.2. The normalized spacial score (nSPS) is 10.8. The fraction of sp³-hybridized carbons (Fsp3) is 0.0526. The topological polar surface area (TPSA) is 104 Å². The Morgan fingerprint density at radius 2 is 1.81 bits per heavy atom. The van der Waals surface area contributed by atoms with E-state index in [4.69, 9.17) is 0 Å². The molecule has 0 bridgehead atoms. The molecule has 0 aliphatic heterocycles. The first-order valence-electron chi connectivity index (χ1n) is 7.87. The summed E-state index contributed by atoms with van der Waals surface area (Å²) in [6, 6.07) is 14.2. The second-order valence-corrected chi connectivity index (χ2v) is 5.64. The number of aromatic nitrogens is 2. The molecule has 0 aliphatic carbocycles. The van der Waals surface area contributed by atoms with Crippen LogP contribution in [0.5, 0.6) is 0 Å². The predicted octanol–water partition coefficient (Wildman–Crippen LogP) is 1.71. The zero-order chi connectivity index (χ0) is 18.5. The molecule has 0 atom stereocenters. The third-order valence-electron chi connectivity index (χ3n) is 3.68. The smallest absolute Gasteiger partial charge is 0.268 e. The number of hydrazine groups is 1. The lowest BCUT2D eigenvalue weighted by atomic mass is 10.1. The molecular formula is C19H16N4O3. The number of carbonyl (C=O) groups is 2. The van der Waals surface area contributed by atoms with Gasteiger partial charge in [-0.05, 0) is 24.6 Å². The van der Waals surface area contributed by atoms with E-state index in [9.17, 15) is 14.4 Å². The quantitative estimate of drug-likeness (QED) is 0.495. The lowest BCUT2D eigenvalue weighted by molar-refractivity contribution is -0.117. The van der Waals surface area contributed by atoms with E-state index in [2.05, 4.69) is 21.0 Å². The third kappa shape index (κ3) is 3.84. The molecule has 0 saturated carbocycles. The van der Waals surface area contributed by atoms with Crippen LogP contribution in [0.1, 0.15) is 21.6 Å². The Morgan fingerprint density at radius 1 is 1.04 bits per heavy atom. The summed E-state index contributed by atoms with van der Waals surface area (Å²) in [4.78, 5) is 35.9. The highest BCUT2D eigenvalue weighted by molar-refractivity contribution is 6.05. The van der Waals surface area contributed by atoms with E-state index in [0.29, 0.717) is 10.8 Å². The lowest BCUT2D eigenvalue weighted by Crippen LogP contribution is -2.41. The van der Waals surface area contributed by atoms with Gasteiger partial charge >= 0.3 is 0 Å². The number of hydrogen-bond donors (Lipinski definition) is 3. The number of amides is 2. The van der Waals surface area contributed by atoms with Crippen molar-refractivity contribution in [2.24, 2.45) is 0 Å². The minimum absolute atomic E-state index is 0.0168. The van der Waals surface area contributed by atoms with Crippen molar-refractivity contribution in [2.75, 3.05) is 0 Å². The van der Waals surface area contributed by atoms with Crippen LogP contribution in [0.3, 0.4) is 0 Å². The Hall–Kier alpha value is -3.74. The van der Waals surface area contributed by atoms with Gasteiger partial charge in [0.25, 0.3) is 17.4 Å². The summed E-state index contributed by atoms with van der Waals surface area (Å²) in [7, 11) is 0. The highest BCUT2D eigenvalue weighted by Crippen LogP contribution is 2.11. The maximum Gasteiger partial charge on any atom is 0.290 e. The largest absolute Gasteiger partial charge is 0.290 e.